The number of halogens is 1. The molecule has 0 spiro atoms. The summed E-state index contributed by atoms with van der Waals surface area (Å²) in [4.78, 5) is 22.1. The van der Waals surface area contributed by atoms with Gasteiger partial charge in [-0.1, -0.05) is 0 Å². The van der Waals surface area contributed by atoms with E-state index in [4.69, 9.17) is 12.5 Å². The first-order valence-corrected chi connectivity index (χ1v) is 5.62. The van der Waals surface area contributed by atoms with Crippen molar-refractivity contribution in [2.45, 2.75) is 38.3 Å². The number of methoxy groups -OCH3 is 1. The summed E-state index contributed by atoms with van der Waals surface area (Å²) in [5.74, 6) is -0.877. The molecule has 1 rings (SSSR count). The summed E-state index contributed by atoms with van der Waals surface area (Å²) in [6.45, 7) is 1.32. The molecule has 0 aromatic carbocycles. The smallest absolute Gasteiger partial charge is 0.335 e. The Bertz CT molecular complexity index is 269. The third-order valence-electron chi connectivity index (χ3n) is 2.14. The molecule has 16 heavy (non-hydrogen) atoms. The van der Waals surface area contributed by atoms with E-state index in [2.05, 4.69) is 4.74 Å². The number of esters is 2. The highest BCUT2D eigenvalue weighted by Crippen LogP contribution is 2.25. The lowest BCUT2D eigenvalue weighted by molar-refractivity contribution is -0.197. The lowest BCUT2D eigenvalue weighted by Gasteiger charge is -2.31. The van der Waals surface area contributed by atoms with Crippen molar-refractivity contribution in [2.75, 3.05) is 7.11 Å². The van der Waals surface area contributed by atoms with Gasteiger partial charge in [0.1, 0.15) is 29.1 Å². The molecule has 1 aliphatic heterocycles. The van der Waals surface area contributed by atoms with Crippen molar-refractivity contribution < 1.29 is 26.9 Å². The summed E-state index contributed by atoms with van der Waals surface area (Å²) in [7, 11) is 1.28. The van der Waals surface area contributed by atoms with Crippen molar-refractivity contribution >= 4 is 34.9 Å². The van der Waals surface area contributed by atoms with E-state index in [0.29, 0.717) is 12.8 Å². The maximum absolute atomic E-state index is 11.3. The van der Waals surface area contributed by atoms with E-state index in [1.807, 2.05) is 0 Å². The molecule has 0 saturated carbocycles. The average Bonchev–Trinajstić information content (AvgIpc) is 2.26. The molecular formula is C9H13IO6. The van der Waals surface area contributed by atoms with Crippen LogP contribution < -0.4 is 0 Å². The number of rotatable bonds is 3. The molecule has 0 N–H and O–H groups in total. The molecule has 7 heteroatoms. The molecular weight excluding hydrogens is 331 g/mol. The van der Waals surface area contributed by atoms with Crippen LogP contribution in [0.1, 0.15) is 19.8 Å². The monoisotopic (exact) mass is 344 g/mol. The zero-order valence-electron chi connectivity index (χ0n) is 8.97. The molecule has 0 aromatic heterocycles. The molecule has 6 nitrogen and oxygen atoms in total. The fourth-order valence-electron chi connectivity index (χ4n) is 1.52. The van der Waals surface area contributed by atoms with Gasteiger partial charge in [0.05, 0.1) is 7.11 Å². The predicted molar refractivity (Wildman–Crippen MR) is 60.6 cm³/mol. The Morgan fingerprint density at radius 2 is 2.06 bits per heavy atom. The SMILES string of the molecule is COC(=O)C1CC(OC(C)=O)CC(OI)O1. The zero-order chi connectivity index (χ0) is 12.1. The third kappa shape index (κ3) is 3.87. The first-order valence-electron chi connectivity index (χ1n) is 4.74. The Kier molecular flexibility index (Phi) is 5.42. The molecule has 1 fully saturated rings. The van der Waals surface area contributed by atoms with Gasteiger partial charge in [0, 0.05) is 19.8 Å². The van der Waals surface area contributed by atoms with Crippen LogP contribution in [0.4, 0.5) is 0 Å². The van der Waals surface area contributed by atoms with Gasteiger partial charge in [-0.05, 0) is 0 Å². The minimum absolute atomic E-state index is 0.294. The van der Waals surface area contributed by atoms with Gasteiger partial charge >= 0.3 is 11.9 Å². The molecule has 0 bridgehead atoms. The Hall–Kier alpha value is -0.410. The van der Waals surface area contributed by atoms with Crippen LogP contribution in [-0.2, 0) is 26.9 Å². The molecule has 3 unspecified atom stereocenters. The van der Waals surface area contributed by atoms with Gasteiger partial charge in [-0.25, -0.2) is 4.79 Å². The highest BCUT2D eigenvalue weighted by atomic mass is 127. The van der Waals surface area contributed by atoms with Gasteiger partial charge < -0.3 is 14.2 Å². The summed E-state index contributed by atoms with van der Waals surface area (Å²) in [6.07, 6.45) is -0.987. The molecule has 1 saturated heterocycles. The normalized spacial score (nSPS) is 29.6. The van der Waals surface area contributed by atoms with Gasteiger partial charge in [0.25, 0.3) is 0 Å². The van der Waals surface area contributed by atoms with Crippen LogP contribution in [0.5, 0.6) is 0 Å². The van der Waals surface area contributed by atoms with Crippen LogP contribution in [0.3, 0.4) is 0 Å². The van der Waals surface area contributed by atoms with Crippen molar-refractivity contribution in [3.8, 4) is 0 Å². The number of ether oxygens (including phenoxy) is 3. The Morgan fingerprint density at radius 3 is 2.56 bits per heavy atom. The molecule has 92 valence electrons. The van der Waals surface area contributed by atoms with Crippen molar-refractivity contribution in [2.24, 2.45) is 0 Å². The Balaban J connectivity index is 2.60. The highest BCUT2D eigenvalue weighted by Gasteiger charge is 2.36. The standard InChI is InChI=1S/C9H13IO6/c1-5(11)14-6-3-7(9(12)13-2)15-8(4-6)16-10/h6-8H,3-4H2,1-2H3. The number of hydrogen-bond acceptors (Lipinski definition) is 6. The minimum Gasteiger partial charge on any atom is -0.467 e. The average molecular weight is 344 g/mol. The largest absolute Gasteiger partial charge is 0.467 e. The van der Waals surface area contributed by atoms with Crippen LogP contribution >= 0.6 is 23.0 Å². The second kappa shape index (κ2) is 6.36. The number of carbonyl (C=O) groups is 2. The summed E-state index contributed by atoms with van der Waals surface area (Å²) in [6, 6.07) is 0. The van der Waals surface area contributed by atoms with E-state index >= 15 is 0 Å². The quantitative estimate of drug-likeness (QED) is 0.561. The first kappa shape index (κ1) is 13.7. The van der Waals surface area contributed by atoms with Gasteiger partial charge in [-0.3, -0.25) is 7.86 Å². The van der Waals surface area contributed by atoms with Crippen LogP contribution in [0.25, 0.3) is 0 Å². The maximum Gasteiger partial charge on any atom is 0.335 e. The van der Waals surface area contributed by atoms with Crippen LogP contribution in [0.2, 0.25) is 0 Å². The molecule has 3 atom stereocenters. The van der Waals surface area contributed by atoms with E-state index in [1.54, 1.807) is 23.0 Å². The van der Waals surface area contributed by atoms with Gasteiger partial charge in [-0.15, -0.1) is 0 Å². The third-order valence-corrected chi connectivity index (χ3v) is 2.71. The Labute approximate surface area is 107 Å². The maximum atomic E-state index is 11.3. The lowest BCUT2D eigenvalue weighted by atomic mass is 10.1. The first-order chi connectivity index (χ1) is 7.56. The van der Waals surface area contributed by atoms with Crippen molar-refractivity contribution in [3.05, 3.63) is 0 Å². The van der Waals surface area contributed by atoms with Crippen LogP contribution in [-0.4, -0.2) is 37.5 Å². The predicted octanol–water partition coefficient (Wildman–Crippen LogP) is 0.963. The van der Waals surface area contributed by atoms with E-state index < -0.39 is 18.4 Å². The fraction of sp³-hybridized carbons (Fsp3) is 0.778. The number of hydrogen-bond donors (Lipinski definition) is 0. The molecule has 0 aliphatic carbocycles. The second-order valence-electron chi connectivity index (χ2n) is 3.37. The van der Waals surface area contributed by atoms with Crippen molar-refractivity contribution in [1.29, 1.82) is 0 Å². The van der Waals surface area contributed by atoms with Crippen molar-refractivity contribution in [1.82, 2.24) is 0 Å². The van der Waals surface area contributed by atoms with E-state index in [9.17, 15) is 9.59 Å². The zero-order valence-corrected chi connectivity index (χ0v) is 11.1. The lowest BCUT2D eigenvalue weighted by Crippen LogP contribution is -2.42. The van der Waals surface area contributed by atoms with Crippen LogP contribution in [0, 0.1) is 0 Å². The van der Waals surface area contributed by atoms with Gasteiger partial charge in [0.15, 0.2) is 12.4 Å². The Morgan fingerprint density at radius 1 is 1.38 bits per heavy atom. The topological polar surface area (TPSA) is 71.1 Å². The molecule has 1 aliphatic rings. The summed E-state index contributed by atoms with van der Waals surface area (Å²) in [5, 5.41) is 0. The minimum atomic E-state index is -0.747. The molecule has 0 radical (unpaired) electrons. The summed E-state index contributed by atoms with van der Waals surface area (Å²) in [5.41, 5.74) is 0. The van der Waals surface area contributed by atoms with Crippen LogP contribution in [0.15, 0.2) is 0 Å². The summed E-state index contributed by atoms with van der Waals surface area (Å²) >= 11 is 1.68. The van der Waals surface area contributed by atoms with Crippen molar-refractivity contribution in [3.63, 3.8) is 0 Å². The molecule has 0 aromatic rings. The van der Waals surface area contributed by atoms with E-state index in [1.165, 1.54) is 14.0 Å². The van der Waals surface area contributed by atoms with E-state index in [-0.39, 0.29) is 12.1 Å². The highest BCUT2D eigenvalue weighted by molar-refractivity contribution is 14.1. The van der Waals surface area contributed by atoms with Gasteiger partial charge in [0.2, 0.25) is 0 Å². The molecule has 0 amide bonds. The second-order valence-corrected chi connectivity index (χ2v) is 3.88. The fourth-order valence-corrected chi connectivity index (χ4v) is 1.84. The summed E-state index contributed by atoms with van der Waals surface area (Å²) < 4.78 is 19.9. The number of carbonyl (C=O) groups excluding carboxylic acids is 2. The molecule has 1 heterocycles. The van der Waals surface area contributed by atoms with E-state index in [0.717, 1.165) is 0 Å². The van der Waals surface area contributed by atoms with Gasteiger partial charge in [-0.2, -0.15) is 0 Å².